The van der Waals surface area contributed by atoms with Crippen LogP contribution in [0.15, 0.2) is 36.7 Å². The SMILES string of the molecule is Cn1c(-c2ccc(O)c(N)c2)nc2cnccc21. The molecule has 0 atom stereocenters. The van der Waals surface area contributed by atoms with Crippen LogP contribution in [0.3, 0.4) is 0 Å². The summed E-state index contributed by atoms with van der Waals surface area (Å²) in [7, 11) is 1.94. The summed E-state index contributed by atoms with van der Waals surface area (Å²) < 4.78 is 1.98. The molecule has 3 aromatic rings. The molecular weight excluding hydrogens is 228 g/mol. The Balaban J connectivity index is 2.25. The second-order valence-corrected chi connectivity index (χ2v) is 4.13. The lowest BCUT2D eigenvalue weighted by Crippen LogP contribution is -1.94. The Labute approximate surface area is 104 Å². The van der Waals surface area contributed by atoms with Crippen LogP contribution in [0.1, 0.15) is 0 Å². The first-order chi connectivity index (χ1) is 8.66. The maximum absolute atomic E-state index is 9.44. The van der Waals surface area contributed by atoms with E-state index in [4.69, 9.17) is 5.73 Å². The zero-order valence-electron chi connectivity index (χ0n) is 9.83. The highest BCUT2D eigenvalue weighted by atomic mass is 16.3. The molecule has 5 heteroatoms. The van der Waals surface area contributed by atoms with E-state index >= 15 is 0 Å². The van der Waals surface area contributed by atoms with Crippen LogP contribution in [-0.2, 0) is 7.05 Å². The predicted octanol–water partition coefficient (Wildman–Crippen LogP) is 1.92. The number of benzene rings is 1. The highest BCUT2D eigenvalue weighted by Crippen LogP contribution is 2.28. The van der Waals surface area contributed by atoms with Gasteiger partial charge in [-0.3, -0.25) is 4.98 Å². The quantitative estimate of drug-likeness (QED) is 0.503. The summed E-state index contributed by atoms with van der Waals surface area (Å²) in [5.74, 6) is 0.879. The number of pyridine rings is 1. The van der Waals surface area contributed by atoms with Crippen molar-refractivity contribution in [1.82, 2.24) is 14.5 Å². The van der Waals surface area contributed by atoms with Gasteiger partial charge in [0.15, 0.2) is 0 Å². The lowest BCUT2D eigenvalue weighted by Gasteiger charge is -2.04. The summed E-state index contributed by atoms with van der Waals surface area (Å²) in [6, 6.07) is 6.99. The fourth-order valence-corrected chi connectivity index (χ4v) is 2.00. The summed E-state index contributed by atoms with van der Waals surface area (Å²) in [4.78, 5) is 8.57. The highest BCUT2D eigenvalue weighted by Gasteiger charge is 2.10. The Bertz CT molecular complexity index is 733. The summed E-state index contributed by atoms with van der Waals surface area (Å²) in [5, 5.41) is 9.44. The van der Waals surface area contributed by atoms with Gasteiger partial charge in [-0.05, 0) is 24.3 Å². The van der Waals surface area contributed by atoms with Crippen molar-refractivity contribution in [3.63, 3.8) is 0 Å². The third-order valence-corrected chi connectivity index (χ3v) is 2.97. The highest BCUT2D eigenvalue weighted by molar-refractivity contribution is 5.80. The number of phenolic OH excluding ortho intramolecular Hbond substituents is 1. The molecule has 0 aliphatic heterocycles. The Morgan fingerprint density at radius 3 is 2.83 bits per heavy atom. The van der Waals surface area contributed by atoms with Crippen LogP contribution >= 0.6 is 0 Å². The van der Waals surface area contributed by atoms with E-state index < -0.39 is 0 Å². The zero-order valence-corrected chi connectivity index (χ0v) is 9.83. The maximum Gasteiger partial charge on any atom is 0.141 e. The van der Waals surface area contributed by atoms with Gasteiger partial charge in [0, 0.05) is 18.8 Å². The summed E-state index contributed by atoms with van der Waals surface area (Å²) >= 11 is 0. The number of rotatable bonds is 1. The molecule has 3 N–H and O–H groups in total. The van der Waals surface area contributed by atoms with Crippen molar-refractivity contribution in [3.05, 3.63) is 36.7 Å². The summed E-state index contributed by atoms with van der Waals surface area (Å²) in [6.45, 7) is 0. The number of fused-ring (bicyclic) bond motifs is 1. The number of anilines is 1. The molecular formula is C13H12N4O. The number of aryl methyl sites for hydroxylation is 1. The molecule has 2 aromatic heterocycles. The smallest absolute Gasteiger partial charge is 0.141 e. The van der Waals surface area contributed by atoms with Crippen LogP contribution in [0.5, 0.6) is 5.75 Å². The third-order valence-electron chi connectivity index (χ3n) is 2.97. The van der Waals surface area contributed by atoms with Crippen molar-refractivity contribution in [1.29, 1.82) is 0 Å². The Hall–Kier alpha value is -2.56. The molecule has 0 fully saturated rings. The monoisotopic (exact) mass is 240 g/mol. The number of nitrogens with two attached hydrogens (primary N) is 1. The average molecular weight is 240 g/mol. The minimum absolute atomic E-state index is 0.0826. The molecule has 5 nitrogen and oxygen atoms in total. The molecule has 3 rings (SSSR count). The van der Waals surface area contributed by atoms with Gasteiger partial charge in [0.25, 0.3) is 0 Å². The minimum atomic E-state index is 0.0826. The largest absolute Gasteiger partial charge is 0.506 e. The van der Waals surface area contributed by atoms with Gasteiger partial charge in [0.05, 0.1) is 17.4 Å². The lowest BCUT2D eigenvalue weighted by molar-refractivity contribution is 0.478. The van der Waals surface area contributed by atoms with E-state index in [9.17, 15) is 5.11 Å². The molecule has 0 spiro atoms. The van der Waals surface area contributed by atoms with Gasteiger partial charge in [-0.15, -0.1) is 0 Å². The van der Waals surface area contributed by atoms with E-state index in [2.05, 4.69) is 9.97 Å². The number of nitrogen functional groups attached to an aromatic ring is 1. The molecule has 0 saturated carbocycles. The first-order valence-electron chi connectivity index (χ1n) is 5.52. The van der Waals surface area contributed by atoms with E-state index in [0.29, 0.717) is 5.69 Å². The van der Waals surface area contributed by atoms with Gasteiger partial charge >= 0.3 is 0 Å². The molecule has 0 amide bonds. The summed E-state index contributed by atoms with van der Waals surface area (Å²) in [5.41, 5.74) is 8.75. The Morgan fingerprint density at radius 2 is 2.11 bits per heavy atom. The first-order valence-corrected chi connectivity index (χ1v) is 5.52. The molecule has 0 aliphatic carbocycles. The van der Waals surface area contributed by atoms with E-state index in [1.807, 2.05) is 17.7 Å². The van der Waals surface area contributed by atoms with Crippen molar-refractivity contribution >= 4 is 16.7 Å². The molecule has 0 bridgehead atoms. The fraction of sp³-hybridized carbons (Fsp3) is 0.0769. The minimum Gasteiger partial charge on any atom is -0.506 e. The van der Waals surface area contributed by atoms with Gasteiger partial charge in [-0.1, -0.05) is 0 Å². The van der Waals surface area contributed by atoms with Crippen molar-refractivity contribution in [2.75, 3.05) is 5.73 Å². The van der Waals surface area contributed by atoms with E-state index in [-0.39, 0.29) is 5.75 Å². The van der Waals surface area contributed by atoms with Crippen molar-refractivity contribution in [3.8, 4) is 17.1 Å². The fourth-order valence-electron chi connectivity index (χ4n) is 2.00. The second kappa shape index (κ2) is 3.73. The number of hydrogen-bond donors (Lipinski definition) is 2. The average Bonchev–Trinajstić information content (AvgIpc) is 2.71. The predicted molar refractivity (Wildman–Crippen MR) is 70.0 cm³/mol. The Kier molecular flexibility index (Phi) is 2.19. The van der Waals surface area contributed by atoms with Crippen molar-refractivity contribution < 1.29 is 5.11 Å². The number of phenols is 1. The van der Waals surface area contributed by atoms with E-state index in [1.54, 1.807) is 30.6 Å². The van der Waals surface area contributed by atoms with Crippen LogP contribution < -0.4 is 5.73 Å². The van der Waals surface area contributed by atoms with Crippen LogP contribution in [0, 0.1) is 0 Å². The van der Waals surface area contributed by atoms with E-state index in [0.717, 1.165) is 22.4 Å². The molecule has 0 saturated heterocycles. The van der Waals surface area contributed by atoms with E-state index in [1.165, 1.54) is 0 Å². The van der Waals surface area contributed by atoms with Gasteiger partial charge < -0.3 is 15.4 Å². The van der Waals surface area contributed by atoms with Gasteiger partial charge in [-0.25, -0.2) is 4.98 Å². The zero-order chi connectivity index (χ0) is 12.7. The van der Waals surface area contributed by atoms with Crippen LogP contribution in [0.25, 0.3) is 22.4 Å². The van der Waals surface area contributed by atoms with Crippen molar-refractivity contribution in [2.45, 2.75) is 0 Å². The molecule has 1 aromatic carbocycles. The number of nitrogens with zero attached hydrogens (tertiary/aromatic N) is 3. The van der Waals surface area contributed by atoms with Crippen molar-refractivity contribution in [2.24, 2.45) is 7.05 Å². The molecule has 0 aliphatic rings. The Morgan fingerprint density at radius 1 is 1.28 bits per heavy atom. The standard InChI is InChI=1S/C13H12N4O/c1-17-11-4-5-15-7-10(11)16-13(17)8-2-3-12(18)9(14)6-8/h2-7,18H,14H2,1H3. The molecule has 2 heterocycles. The number of aromatic nitrogens is 3. The number of aromatic hydroxyl groups is 1. The number of imidazole rings is 1. The lowest BCUT2D eigenvalue weighted by atomic mass is 10.2. The van der Waals surface area contributed by atoms with Crippen LogP contribution in [-0.4, -0.2) is 19.6 Å². The van der Waals surface area contributed by atoms with Crippen LogP contribution in [0.4, 0.5) is 5.69 Å². The maximum atomic E-state index is 9.44. The molecule has 0 radical (unpaired) electrons. The van der Waals surface area contributed by atoms with Gasteiger partial charge in [0.2, 0.25) is 0 Å². The molecule has 90 valence electrons. The molecule has 0 unspecified atom stereocenters. The second-order valence-electron chi connectivity index (χ2n) is 4.13. The summed E-state index contributed by atoms with van der Waals surface area (Å²) in [6.07, 6.45) is 3.46. The van der Waals surface area contributed by atoms with Gasteiger partial charge in [-0.2, -0.15) is 0 Å². The molecule has 18 heavy (non-hydrogen) atoms. The normalized spacial score (nSPS) is 10.9. The topological polar surface area (TPSA) is 77.0 Å². The first kappa shape index (κ1) is 10.6. The van der Waals surface area contributed by atoms with Crippen LogP contribution in [0.2, 0.25) is 0 Å². The van der Waals surface area contributed by atoms with Gasteiger partial charge in [0.1, 0.15) is 17.1 Å². The number of hydrogen-bond acceptors (Lipinski definition) is 4. The third kappa shape index (κ3) is 1.48.